The van der Waals surface area contributed by atoms with E-state index in [1.807, 2.05) is 53.1 Å². The first kappa shape index (κ1) is 23.0. The van der Waals surface area contributed by atoms with Gasteiger partial charge in [-0.05, 0) is 24.5 Å². The van der Waals surface area contributed by atoms with Crippen LogP contribution in [0, 0.1) is 0 Å². The van der Waals surface area contributed by atoms with Crippen LogP contribution in [0.15, 0.2) is 54.6 Å². The number of nitrogens with one attached hydrogen (secondary N) is 1. The number of benzene rings is 2. The van der Waals surface area contributed by atoms with E-state index in [0.29, 0.717) is 30.3 Å². The molecule has 0 radical (unpaired) electrons. The van der Waals surface area contributed by atoms with Gasteiger partial charge in [-0.15, -0.1) is 11.8 Å². The van der Waals surface area contributed by atoms with E-state index in [9.17, 15) is 9.59 Å². The van der Waals surface area contributed by atoms with Crippen molar-refractivity contribution in [3.8, 4) is 11.5 Å². The number of likely N-dealkylation sites (tertiary alicyclic amines) is 1. The third kappa shape index (κ3) is 5.27. The zero-order chi connectivity index (χ0) is 23.3. The second kappa shape index (κ2) is 10.2. The Hall–Kier alpha value is -3.13. The Morgan fingerprint density at radius 3 is 2.30 bits per heavy atom. The molecule has 1 spiro atoms. The predicted octanol–water partition coefficient (Wildman–Crippen LogP) is 4.32. The number of anilines is 1. The lowest BCUT2D eigenvalue weighted by Crippen LogP contribution is -2.53. The van der Waals surface area contributed by atoms with Crippen molar-refractivity contribution in [2.24, 2.45) is 0 Å². The maximum absolute atomic E-state index is 13.0. The number of ether oxygens (including phenoxy) is 2. The molecule has 0 aliphatic carbocycles. The summed E-state index contributed by atoms with van der Waals surface area (Å²) in [6.07, 6.45) is 5.02. The van der Waals surface area contributed by atoms with Crippen LogP contribution in [0.25, 0.3) is 6.08 Å². The largest absolute Gasteiger partial charge is 0.497 e. The Balaban J connectivity index is 1.37. The summed E-state index contributed by atoms with van der Waals surface area (Å²) >= 11 is 1.83. The molecule has 0 bridgehead atoms. The van der Waals surface area contributed by atoms with Gasteiger partial charge >= 0.3 is 6.03 Å². The van der Waals surface area contributed by atoms with E-state index in [1.165, 1.54) is 0 Å². The van der Waals surface area contributed by atoms with Gasteiger partial charge < -0.3 is 24.6 Å². The molecule has 2 saturated heterocycles. The van der Waals surface area contributed by atoms with Crippen molar-refractivity contribution in [2.75, 3.05) is 44.9 Å². The molecule has 33 heavy (non-hydrogen) atoms. The Bertz CT molecular complexity index is 997. The Morgan fingerprint density at radius 2 is 1.67 bits per heavy atom. The normalized spacial score (nSPS) is 17.4. The molecule has 174 valence electrons. The summed E-state index contributed by atoms with van der Waals surface area (Å²) in [5.74, 6) is 2.18. The highest BCUT2D eigenvalue weighted by molar-refractivity contribution is 8.00. The van der Waals surface area contributed by atoms with Crippen LogP contribution >= 0.6 is 11.8 Å². The number of thioether (sulfide) groups is 1. The highest BCUT2D eigenvalue weighted by atomic mass is 32.2. The molecule has 2 heterocycles. The van der Waals surface area contributed by atoms with Gasteiger partial charge in [0.15, 0.2) is 0 Å². The fourth-order valence-electron chi connectivity index (χ4n) is 4.30. The van der Waals surface area contributed by atoms with Crippen LogP contribution in [0.5, 0.6) is 11.5 Å². The van der Waals surface area contributed by atoms with Crippen LogP contribution in [-0.2, 0) is 4.79 Å². The lowest BCUT2D eigenvalue weighted by Gasteiger charge is -2.43. The van der Waals surface area contributed by atoms with Crippen molar-refractivity contribution >= 4 is 35.5 Å². The summed E-state index contributed by atoms with van der Waals surface area (Å²) in [7, 11) is 3.15. The van der Waals surface area contributed by atoms with E-state index in [-0.39, 0.29) is 16.8 Å². The number of methoxy groups -OCH3 is 2. The van der Waals surface area contributed by atoms with Gasteiger partial charge in [-0.2, -0.15) is 0 Å². The summed E-state index contributed by atoms with van der Waals surface area (Å²) in [5, 5.41) is 2.94. The summed E-state index contributed by atoms with van der Waals surface area (Å²) in [6.45, 7) is 1.91. The van der Waals surface area contributed by atoms with Crippen LogP contribution in [0.2, 0.25) is 0 Å². The fourth-order valence-corrected chi connectivity index (χ4v) is 5.76. The first-order valence-corrected chi connectivity index (χ1v) is 12.0. The van der Waals surface area contributed by atoms with Gasteiger partial charge in [0, 0.05) is 55.3 Å². The van der Waals surface area contributed by atoms with Crippen molar-refractivity contribution in [1.82, 2.24) is 9.80 Å². The molecular formula is C25H29N3O4S. The lowest BCUT2D eigenvalue weighted by molar-refractivity contribution is -0.129. The van der Waals surface area contributed by atoms with Gasteiger partial charge in [0.2, 0.25) is 5.91 Å². The van der Waals surface area contributed by atoms with Crippen molar-refractivity contribution in [1.29, 1.82) is 0 Å². The SMILES string of the molecule is COc1cc(NC(=O)N2CCC3(CC2)SCCN3C(=O)C=Cc2ccccc2)cc(OC)c1. The van der Waals surface area contributed by atoms with E-state index in [2.05, 4.69) is 5.32 Å². The highest BCUT2D eigenvalue weighted by Gasteiger charge is 2.46. The molecule has 0 aromatic heterocycles. The minimum absolute atomic E-state index is 0.0326. The van der Waals surface area contributed by atoms with E-state index in [1.54, 1.807) is 43.4 Å². The molecule has 4 rings (SSSR count). The quantitative estimate of drug-likeness (QED) is 0.664. The Morgan fingerprint density at radius 1 is 1.00 bits per heavy atom. The Kier molecular flexibility index (Phi) is 7.13. The number of carbonyl (C=O) groups excluding carboxylic acids is 2. The Labute approximate surface area is 198 Å². The van der Waals surface area contributed by atoms with E-state index < -0.39 is 0 Å². The number of carbonyl (C=O) groups is 2. The maximum Gasteiger partial charge on any atom is 0.321 e. The molecule has 0 unspecified atom stereocenters. The van der Waals surface area contributed by atoms with E-state index in [4.69, 9.17) is 9.47 Å². The number of hydrogen-bond donors (Lipinski definition) is 1. The van der Waals surface area contributed by atoms with Gasteiger partial charge in [-0.1, -0.05) is 30.3 Å². The van der Waals surface area contributed by atoms with Crippen molar-refractivity contribution in [2.45, 2.75) is 17.7 Å². The molecule has 0 saturated carbocycles. The number of piperidine rings is 1. The van der Waals surface area contributed by atoms with Crippen LogP contribution in [0.3, 0.4) is 0 Å². The van der Waals surface area contributed by atoms with Crippen molar-refractivity contribution in [3.63, 3.8) is 0 Å². The second-order valence-electron chi connectivity index (χ2n) is 8.05. The molecule has 3 amide bonds. The standard InChI is InChI=1S/C25H29N3O4S/c1-31-21-16-20(17-22(18-21)32-2)26-24(30)27-12-10-25(11-13-27)28(14-15-33-25)23(29)9-8-19-6-4-3-5-7-19/h3-9,16-18H,10-15H2,1-2H3,(H,26,30). The minimum Gasteiger partial charge on any atom is -0.497 e. The van der Waals surface area contributed by atoms with E-state index >= 15 is 0 Å². The van der Waals surface area contributed by atoms with Gasteiger partial charge in [0.25, 0.3) is 0 Å². The third-order valence-corrected chi connectivity index (χ3v) is 7.65. The molecule has 8 heteroatoms. The summed E-state index contributed by atoms with van der Waals surface area (Å²) in [5.41, 5.74) is 1.63. The first-order valence-electron chi connectivity index (χ1n) is 11.0. The van der Waals surface area contributed by atoms with Gasteiger partial charge in [0.05, 0.1) is 19.1 Å². The number of amides is 3. The highest BCUT2D eigenvalue weighted by Crippen LogP contribution is 2.44. The molecule has 1 N–H and O–H groups in total. The number of urea groups is 1. The van der Waals surface area contributed by atoms with E-state index in [0.717, 1.165) is 30.7 Å². The summed E-state index contributed by atoms with van der Waals surface area (Å²) in [4.78, 5) is 29.4. The van der Waals surface area contributed by atoms with Gasteiger partial charge in [-0.25, -0.2) is 4.79 Å². The molecular weight excluding hydrogens is 438 g/mol. The molecule has 2 aliphatic heterocycles. The molecule has 0 atom stereocenters. The molecule has 2 aliphatic rings. The molecule has 2 aromatic rings. The van der Waals surface area contributed by atoms with Crippen LogP contribution in [-0.4, -0.2) is 66.2 Å². The maximum atomic E-state index is 13.0. The minimum atomic E-state index is -0.242. The summed E-state index contributed by atoms with van der Waals surface area (Å²) < 4.78 is 10.6. The number of hydrogen-bond acceptors (Lipinski definition) is 5. The van der Waals surface area contributed by atoms with Crippen molar-refractivity contribution in [3.05, 3.63) is 60.2 Å². The zero-order valence-electron chi connectivity index (χ0n) is 19.0. The number of rotatable bonds is 5. The average molecular weight is 468 g/mol. The van der Waals surface area contributed by atoms with Crippen LogP contribution in [0.1, 0.15) is 18.4 Å². The summed E-state index contributed by atoms with van der Waals surface area (Å²) in [6, 6.07) is 15.0. The van der Waals surface area contributed by atoms with Gasteiger partial charge in [0.1, 0.15) is 11.5 Å². The van der Waals surface area contributed by atoms with Crippen LogP contribution < -0.4 is 14.8 Å². The van der Waals surface area contributed by atoms with Crippen molar-refractivity contribution < 1.29 is 19.1 Å². The predicted molar refractivity (Wildman–Crippen MR) is 132 cm³/mol. The molecule has 7 nitrogen and oxygen atoms in total. The van der Waals surface area contributed by atoms with Gasteiger partial charge in [-0.3, -0.25) is 4.79 Å². The van der Waals surface area contributed by atoms with Crippen LogP contribution in [0.4, 0.5) is 10.5 Å². The monoisotopic (exact) mass is 467 g/mol. The zero-order valence-corrected chi connectivity index (χ0v) is 19.8. The molecule has 2 aromatic carbocycles. The smallest absolute Gasteiger partial charge is 0.321 e. The topological polar surface area (TPSA) is 71.1 Å². The fraction of sp³-hybridized carbons (Fsp3) is 0.360. The average Bonchev–Trinajstić information content (AvgIpc) is 3.26. The first-order chi connectivity index (χ1) is 16.0. The molecule has 2 fully saturated rings. The lowest BCUT2D eigenvalue weighted by atomic mass is 10.0. The second-order valence-corrected chi connectivity index (χ2v) is 9.50. The third-order valence-electron chi connectivity index (χ3n) is 6.10. The number of nitrogens with zero attached hydrogens (tertiary/aromatic N) is 2.